The summed E-state index contributed by atoms with van der Waals surface area (Å²) in [5, 5.41) is 14.4. The minimum Gasteiger partial charge on any atom is -0.465 e. The summed E-state index contributed by atoms with van der Waals surface area (Å²) in [5.74, 6) is 0.279. The van der Waals surface area contributed by atoms with Gasteiger partial charge in [0, 0.05) is 54.4 Å². The summed E-state index contributed by atoms with van der Waals surface area (Å²) in [7, 11) is 1.80. The normalized spacial score (nSPS) is 18.8. The Hall–Kier alpha value is -4.12. The average molecular weight is 599 g/mol. The number of alkyl halides is 3. The standard InChI is InChI=1S/C30H30ClF3N6O2/c1-3-25-13-26(27(40(25)29(41)42)11-19-7-5-4-6-8-19)39(17-20-9-23(30(32,33)34)12-24(31)10-20)28-35-14-21(15-36-28)22-16-37-38(2)18-22/h4-10,12,14-16,18,25-27H,3,11,13,17H2,1-2H3,(H,41,42)/t25-,26+,27+/m1/s1. The number of aryl methyl sites for hydroxylation is 1. The molecule has 8 nitrogen and oxygen atoms in total. The number of hydrogen-bond acceptors (Lipinski definition) is 5. The van der Waals surface area contributed by atoms with Gasteiger partial charge in [-0.1, -0.05) is 48.9 Å². The monoisotopic (exact) mass is 598 g/mol. The lowest BCUT2D eigenvalue weighted by atomic mass is 9.97. The van der Waals surface area contributed by atoms with Crippen LogP contribution in [0.4, 0.5) is 23.9 Å². The summed E-state index contributed by atoms with van der Waals surface area (Å²) >= 11 is 6.14. The van der Waals surface area contributed by atoms with Gasteiger partial charge >= 0.3 is 12.3 Å². The van der Waals surface area contributed by atoms with Crippen molar-refractivity contribution >= 4 is 23.6 Å². The zero-order valence-electron chi connectivity index (χ0n) is 23.0. The number of benzene rings is 2. The number of anilines is 1. The Balaban J connectivity index is 1.59. The predicted octanol–water partition coefficient (Wildman–Crippen LogP) is 6.70. The second kappa shape index (κ2) is 12.0. The number of rotatable bonds is 8. The van der Waals surface area contributed by atoms with Crippen LogP contribution in [0.5, 0.6) is 0 Å². The number of hydrogen-bond donors (Lipinski definition) is 1. The van der Waals surface area contributed by atoms with Gasteiger partial charge in [0.15, 0.2) is 0 Å². The van der Waals surface area contributed by atoms with E-state index in [4.69, 9.17) is 11.6 Å². The van der Waals surface area contributed by atoms with Crippen LogP contribution in [-0.2, 0) is 26.2 Å². The first-order valence-electron chi connectivity index (χ1n) is 13.5. The molecule has 1 fully saturated rings. The zero-order chi connectivity index (χ0) is 30.0. The highest BCUT2D eigenvalue weighted by Gasteiger charge is 2.46. The lowest BCUT2D eigenvalue weighted by Crippen LogP contribution is -2.49. The Labute approximate surface area is 246 Å². The fourth-order valence-electron chi connectivity index (χ4n) is 5.72. The van der Waals surface area contributed by atoms with Gasteiger partial charge < -0.3 is 10.0 Å². The molecule has 1 amide bonds. The molecule has 4 aromatic rings. The first kappa shape index (κ1) is 29.4. The minimum absolute atomic E-state index is 0.00424. The second-order valence-corrected chi connectivity index (χ2v) is 10.9. The van der Waals surface area contributed by atoms with Crippen LogP contribution in [0.25, 0.3) is 11.1 Å². The lowest BCUT2D eigenvalue weighted by molar-refractivity contribution is -0.137. The molecule has 5 rings (SSSR count). The molecule has 3 atom stereocenters. The molecule has 1 aliphatic rings. The molecular weight excluding hydrogens is 569 g/mol. The van der Waals surface area contributed by atoms with E-state index in [0.29, 0.717) is 24.8 Å². The minimum atomic E-state index is -4.58. The summed E-state index contributed by atoms with van der Waals surface area (Å²) in [6.07, 6.45) is 2.62. The van der Waals surface area contributed by atoms with Crippen LogP contribution in [0.2, 0.25) is 5.02 Å². The van der Waals surface area contributed by atoms with Gasteiger partial charge in [-0.2, -0.15) is 18.3 Å². The largest absolute Gasteiger partial charge is 0.465 e. The summed E-state index contributed by atoms with van der Waals surface area (Å²) in [6.45, 7) is 1.92. The topological polar surface area (TPSA) is 87.4 Å². The molecule has 1 aliphatic heterocycles. The van der Waals surface area contributed by atoms with Gasteiger partial charge in [0.05, 0.1) is 23.8 Å². The molecule has 1 N–H and O–H groups in total. The maximum atomic E-state index is 13.7. The van der Waals surface area contributed by atoms with E-state index in [9.17, 15) is 23.1 Å². The molecular formula is C30H30ClF3N6O2. The first-order valence-corrected chi connectivity index (χ1v) is 13.9. The smallest absolute Gasteiger partial charge is 0.416 e. The predicted molar refractivity (Wildman–Crippen MR) is 153 cm³/mol. The molecule has 0 radical (unpaired) electrons. The fourth-order valence-corrected chi connectivity index (χ4v) is 5.98. The number of carbonyl (C=O) groups is 1. The van der Waals surface area contributed by atoms with Crippen LogP contribution in [0.15, 0.2) is 73.3 Å². The molecule has 12 heteroatoms. The summed E-state index contributed by atoms with van der Waals surface area (Å²) in [5.41, 5.74) is 1.94. The van der Waals surface area contributed by atoms with Crippen molar-refractivity contribution in [3.8, 4) is 11.1 Å². The number of nitrogens with zero attached hydrogens (tertiary/aromatic N) is 6. The maximum absolute atomic E-state index is 13.7. The van der Waals surface area contributed by atoms with Crippen molar-refractivity contribution in [2.24, 2.45) is 7.05 Å². The molecule has 42 heavy (non-hydrogen) atoms. The third-order valence-corrected chi connectivity index (χ3v) is 7.88. The Bertz CT molecular complexity index is 1530. The molecule has 220 valence electrons. The Morgan fingerprint density at radius 1 is 1.07 bits per heavy atom. The van der Waals surface area contributed by atoms with Gasteiger partial charge in [0.1, 0.15) is 0 Å². The second-order valence-electron chi connectivity index (χ2n) is 10.5. The third-order valence-electron chi connectivity index (χ3n) is 7.66. The van der Waals surface area contributed by atoms with E-state index >= 15 is 0 Å². The van der Waals surface area contributed by atoms with Crippen LogP contribution < -0.4 is 4.90 Å². The molecule has 1 saturated heterocycles. The van der Waals surface area contributed by atoms with E-state index < -0.39 is 29.9 Å². The van der Waals surface area contributed by atoms with Crippen LogP contribution in [-0.4, -0.2) is 54.0 Å². The summed E-state index contributed by atoms with van der Waals surface area (Å²) in [4.78, 5) is 25.1. The molecule has 0 bridgehead atoms. The van der Waals surface area contributed by atoms with Crippen LogP contribution in [0.1, 0.15) is 36.5 Å². The van der Waals surface area contributed by atoms with Crippen LogP contribution in [0.3, 0.4) is 0 Å². The SMILES string of the molecule is CC[C@@H]1C[C@H](N(Cc2cc(Cl)cc(C(F)(F)F)c2)c2ncc(-c3cnn(C)c3)cn2)[C@H](Cc2ccccc2)N1C(=O)O. The molecule has 0 saturated carbocycles. The van der Waals surface area contributed by atoms with Crippen molar-refractivity contribution in [1.82, 2.24) is 24.6 Å². The van der Waals surface area contributed by atoms with Crippen molar-refractivity contribution in [1.29, 1.82) is 0 Å². The quantitative estimate of drug-likeness (QED) is 0.243. The van der Waals surface area contributed by atoms with Gasteiger partial charge in [0.2, 0.25) is 5.95 Å². The zero-order valence-corrected chi connectivity index (χ0v) is 23.8. The van der Waals surface area contributed by atoms with E-state index in [1.807, 2.05) is 48.4 Å². The van der Waals surface area contributed by atoms with E-state index in [-0.39, 0.29) is 23.6 Å². The third kappa shape index (κ3) is 6.35. The number of aromatic nitrogens is 4. The van der Waals surface area contributed by atoms with Gasteiger partial charge in [-0.3, -0.25) is 9.58 Å². The van der Waals surface area contributed by atoms with E-state index in [2.05, 4.69) is 15.1 Å². The van der Waals surface area contributed by atoms with Gasteiger partial charge in [-0.25, -0.2) is 14.8 Å². The molecule has 0 spiro atoms. The summed E-state index contributed by atoms with van der Waals surface area (Å²) < 4.78 is 42.7. The number of amides is 1. The lowest BCUT2D eigenvalue weighted by Gasteiger charge is -2.35. The highest BCUT2D eigenvalue weighted by molar-refractivity contribution is 6.30. The van der Waals surface area contributed by atoms with Crippen molar-refractivity contribution in [2.75, 3.05) is 4.90 Å². The van der Waals surface area contributed by atoms with Crippen LogP contribution in [0, 0.1) is 0 Å². The fraction of sp³-hybridized carbons (Fsp3) is 0.333. The number of carboxylic acid groups (broad SMARTS) is 1. The molecule has 2 aromatic heterocycles. The highest BCUT2D eigenvalue weighted by Crippen LogP contribution is 2.37. The van der Waals surface area contributed by atoms with E-state index in [1.165, 1.54) is 11.0 Å². The van der Waals surface area contributed by atoms with Crippen molar-refractivity contribution in [3.63, 3.8) is 0 Å². The average Bonchev–Trinajstić information content (AvgIpc) is 3.55. The van der Waals surface area contributed by atoms with E-state index in [0.717, 1.165) is 28.8 Å². The highest BCUT2D eigenvalue weighted by atomic mass is 35.5. The molecule has 3 heterocycles. The van der Waals surface area contributed by atoms with Crippen molar-refractivity contribution in [2.45, 2.75) is 57.0 Å². The number of halogens is 4. The van der Waals surface area contributed by atoms with Gasteiger partial charge in [-0.15, -0.1) is 0 Å². The van der Waals surface area contributed by atoms with Crippen molar-refractivity contribution < 1.29 is 23.1 Å². The molecule has 0 aliphatic carbocycles. The Kier molecular flexibility index (Phi) is 8.40. The van der Waals surface area contributed by atoms with Crippen molar-refractivity contribution in [3.05, 3.63) is 95.0 Å². The van der Waals surface area contributed by atoms with Gasteiger partial charge in [0.25, 0.3) is 0 Å². The van der Waals surface area contributed by atoms with Gasteiger partial charge in [-0.05, 0) is 48.6 Å². The van der Waals surface area contributed by atoms with E-state index in [1.54, 1.807) is 30.3 Å². The Morgan fingerprint density at radius 2 is 1.79 bits per heavy atom. The Morgan fingerprint density at radius 3 is 2.38 bits per heavy atom. The molecule has 0 unspecified atom stereocenters. The first-order chi connectivity index (χ1) is 20.0. The number of likely N-dealkylation sites (tertiary alicyclic amines) is 1. The molecule has 2 aromatic carbocycles. The summed E-state index contributed by atoms with van der Waals surface area (Å²) in [6, 6.07) is 11.8. The van der Waals surface area contributed by atoms with Crippen LogP contribution >= 0.6 is 11.6 Å². The maximum Gasteiger partial charge on any atom is 0.416 e.